The van der Waals surface area contributed by atoms with E-state index in [1.165, 1.54) is 38.7 Å². The smallest absolute Gasteiger partial charge is 0.404 e. The van der Waals surface area contributed by atoms with Crippen LogP contribution in [0.5, 0.6) is 0 Å². The molecule has 1 saturated carbocycles. The number of H-pyrrole nitrogens is 1. The molecule has 2 aromatic carbocycles. The number of unbranched alkanes of at least 4 members (excludes halogenated alkanes) is 3. The van der Waals surface area contributed by atoms with Gasteiger partial charge >= 0.3 is 7.12 Å². The molecule has 6 bridgehead atoms. The van der Waals surface area contributed by atoms with E-state index in [1.54, 1.807) is 29.9 Å². The monoisotopic (exact) mass is 925 g/mol. The number of hydrogen-bond acceptors (Lipinski definition) is 12. The normalized spacial score (nSPS) is 22.4. The predicted molar refractivity (Wildman–Crippen MR) is 250 cm³/mol. The number of benzene rings is 2. The zero-order valence-electron chi connectivity index (χ0n) is 38.8. The maximum Gasteiger partial charge on any atom is 0.481 e. The number of aliphatic hydroxyl groups is 1. The second-order valence-electron chi connectivity index (χ2n) is 18.1. The molecule has 9 N–H and O–H groups in total. The molecule has 19 nitrogen and oxygen atoms in total. The molecular formula is C47H65BN10O9. The molecule has 3 aliphatic heterocycles. The molecule has 2 aromatic heterocycles. The number of fused-ring (bicyclic) bond motifs is 7. The third kappa shape index (κ3) is 12.7. The first-order valence-electron chi connectivity index (χ1n) is 23.7. The summed E-state index contributed by atoms with van der Waals surface area (Å²) >= 11 is 0. The van der Waals surface area contributed by atoms with Gasteiger partial charge in [0.25, 0.3) is 5.91 Å². The second-order valence-corrected chi connectivity index (χ2v) is 18.1. The van der Waals surface area contributed by atoms with Crippen LogP contribution in [0, 0.1) is 0 Å². The van der Waals surface area contributed by atoms with E-state index in [0.717, 1.165) is 34.9 Å². The summed E-state index contributed by atoms with van der Waals surface area (Å²) in [7, 11) is -0.695. The van der Waals surface area contributed by atoms with E-state index < -0.39 is 72.9 Å². The van der Waals surface area contributed by atoms with Crippen LogP contribution in [0.4, 0.5) is 0 Å². The Morgan fingerprint density at radius 2 is 1.73 bits per heavy atom. The fourth-order valence-electron chi connectivity index (χ4n) is 8.88. The van der Waals surface area contributed by atoms with Crippen LogP contribution < -0.4 is 32.3 Å². The molecule has 0 radical (unpaired) electrons. The van der Waals surface area contributed by atoms with Crippen molar-refractivity contribution in [3.8, 4) is 11.1 Å². The van der Waals surface area contributed by atoms with Crippen LogP contribution in [-0.4, -0.2) is 129 Å². The number of rotatable bonds is 18. The van der Waals surface area contributed by atoms with Crippen LogP contribution in [0.25, 0.3) is 22.0 Å². The molecule has 0 spiro atoms. The Kier molecular flexibility index (Phi) is 16.8. The number of aliphatic hydroxyl groups excluding tert-OH is 1. The predicted octanol–water partition coefficient (Wildman–Crippen LogP) is 1.99. The van der Waals surface area contributed by atoms with E-state index in [1.807, 2.05) is 12.3 Å². The summed E-state index contributed by atoms with van der Waals surface area (Å²) in [6, 6.07) is 8.69. The highest BCUT2D eigenvalue weighted by molar-refractivity contribution is 6.47. The first-order chi connectivity index (χ1) is 32.3. The lowest BCUT2D eigenvalue weighted by atomic mass is 9.79. The van der Waals surface area contributed by atoms with Crippen LogP contribution in [0.2, 0.25) is 0 Å². The number of nitrogens with two attached hydrogens (primary N) is 1. The molecule has 4 aromatic rings. The van der Waals surface area contributed by atoms with E-state index in [0.29, 0.717) is 43.7 Å². The van der Waals surface area contributed by atoms with Crippen LogP contribution >= 0.6 is 0 Å². The summed E-state index contributed by atoms with van der Waals surface area (Å²) < 4.78 is 19.9. The van der Waals surface area contributed by atoms with Crippen molar-refractivity contribution in [3.63, 3.8) is 0 Å². The van der Waals surface area contributed by atoms with Gasteiger partial charge in [0.2, 0.25) is 23.6 Å². The van der Waals surface area contributed by atoms with Crippen LogP contribution in [0.15, 0.2) is 54.9 Å². The van der Waals surface area contributed by atoms with E-state index in [-0.39, 0.29) is 37.7 Å². The van der Waals surface area contributed by atoms with Gasteiger partial charge in [0.05, 0.1) is 49.2 Å². The van der Waals surface area contributed by atoms with Crippen molar-refractivity contribution in [2.45, 2.75) is 153 Å². The van der Waals surface area contributed by atoms with Crippen molar-refractivity contribution in [2.75, 3.05) is 13.2 Å². The Hall–Kier alpha value is -5.67. The molecule has 1 unspecified atom stereocenters. The Morgan fingerprint density at radius 3 is 2.45 bits per heavy atom. The summed E-state index contributed by atoms with van der Waals surface area (Å²) in [4.78, 5) is 72.0. The van der Waals surface area contributed by atoms with Crippen molar-refractivity contribution >= 4 is 47.6 Å². The highest BCUT2D eigenvalue weighted by atomic mass is 16.7. The average Bonchev–Trinajstić information content (AvgIpc) is 4.12. The molecule has 1 saturated heterocycles. The Labute approximate surface area is 390 Å². The van der Waals surface area contributed by atoms with E-state index >= 15 is 0 Å². The van der Waals surface area contributed by atoms with Gasteiger partial charge in [0.1, 0.15) is 24.2 Å². The van der Waals surface area contributed by atoms with Gasteiger partial charge in [-0.3, -0.25) is 24.0 Å². The number of amides is 5. The lowest BCUT2D eigenvalue weighted by Crippen LogP contribution is -2.60. The summed E-state index contributed by atoms with van der Waals surface area (Å²) in [6.45, 7) is 7.74. The number of ether oxygens (including phenoxy) is 1. The number of carbonyl (C=O) groups is 5. The fraction of sp³-hybridized carbons (Fsp3) is 0.553. The zero-order chi connectivity index (χ0) is 47.6. The maximum atomic E-state index is 13.8. The van der Waals surface area contributed by atoms with Gasteiger partial charge in [-0.1, -0.05) is 55.7 Å². The standard InChI is InChI=1S/C47H65BN10O9/c1-5-6-7-8-10-30-12-14-31(15-13-30)36-25-50-37-17-16-32(21-35(36)37)44(61)53-38(11-9-18-49)45(62)55-42(28(3)59)47(64)51-27(2)43(60)54-39-22-33-26-58(57-56-33)19-20-65-34-23-40-41(24-34)67-48(66-40)29(4)52-46(39)63/h12-17,21,25-29,34,38-42,50,59H,5-11,18-20,22-24,49H2,1-4H3,(H,51,64)(H,52,63)(H,53,61)(H,54,60)(H,55,62)/t27-,28+,29-,34?,38-,39-,40-,41+,42-/m0/s1. The van der Waals surface area contributed by atoms with Crippen LogP contribution in [0.3, 0.4) is 0 Å². The minimum atomic E-state index is -1.52. The quantitative estimate of drug-likeness (QED) is 0.0527. The topological polar surface area (TPSA) is 266 Å². The van der Waals surface area contributed by atoms with Crippen LogP contribution in [-0.2, 0) is 52.6 Å². The third-order valence-corrected chi connectivity index (χ3v) is 12.8. The average molecular weight is 925 g/mol. The molecule has 20 heteroatoms. The molecule has 1 aliphatic carbocycles. The van der Waals surface area contributed by atoms with Crippen molar-refractivity contribution in [3.05, 3.63) is 71.7 Å². The number of aryl methyl sites for hydroxylation is 1. The van der Waals surface area contributed by atoms with Gasteiger partial charge in [0.15, 0.2) is 0 Å². The summed E-state index contributed by atoms with van der Waals surface area (Å²) in [5, 5.41) is 33.5. The SMILES string of the molecule is CCCCCCc1ccc(-c2c[nH]c3ccc(C(=O)N[C@@H](CCCN)C(=O)N[C@H](C(=O)N[C@@H](C)C(=O)N[C@H]4Cc5cn(nn5)CCOC5C[C@@H]6OB(O[C@@H]6C5)[C@H](C)NC4=O)[C@@H](C)O)cc23)cc1. The molecule has 5 amide bonds. The molecule has 2 fully saturated rings. The molecule has 8 rings (SSSR count). The van der Waals surface area contributed by atoms with E-state index in [9.17, 15) is 29.1 Å². The first kappa shape index (κ1) is 49.2. The third-order valence-electron chi connectivity index (χ3n) is 12.8. The first-order valence-corrected chi connectivity index (χ1v) is 23.7. The maximum absolute atomic E-state index is 13.8. The van der Waals surface area contributed by atoms with E-state index in [4.69, 9.17) is 19.8 Å². The summed E-state index contributed by atoms with van der Waals surface area (Å²) in [5.74, 6) is -3.92. The largest absolute Gasteiger partial charge is 0.481 e. The van der Waals surface area contributed by atoms with Crippen LogP contribution in [0.1, 0.15) is 101 Å². The van der Waals surface area contributed by atoms with Gasteiger partial charge in [0, 0.05) is 53.7 Å². The Balaban J connectivity index is 0.977. The van der Waals surface area contributed by atoms with E-state index in [2.05, 4.69) is 73.1 Å². The number of nitrogens with zero attached hydrogens (tertiary/aromatic N) is 3. The molecule has 5 heterocycles. The number of nitrogens with one attached hydrogen (secondary N) is 6. The Morgan fingerprint density at radius 1 is 0.970 bits per heavy atom. The number of aromatic amines is 1. The lowest BCUT2D eigenvalue weighted by molar-refractivity contribution is -0.135. The zero-order valence-corrected chi connectivity index (χ0v) is 38.8. The van der Waals surface area contributed by atoms with Gasteiger partial charge < -0.3 is 56.5 Å². The van der Waals surface area contributed by atoms with Gasteiger partial charge in [-0.15, -0.1) is 5.10 Å². The highest BCUT2D eigenvalue weighted by Gasteiger charge is 2.49. The molecular weight excluding hydrogens is 859 g/mol. The number of aromatic nitrogens is 4. The molecule has 360 valence electrons. The van der Waals surface area contributed by atoms with Crippen molar-refractivity contribution < 1.29 is 43.1 Å². The minimum Gasteiger partial charge on any atom is -0.404 e. The van der Waals surface area contributed by atoms with Crippen molar-refractivity contribution in [2.24, 2.45) is 5.73 Å². The summed E-state index contributed by atoms with van der Waals surface area (Å²) in [6.07, 6.45) is 9.48. The Bertz CT molecular complexity index is 2330. The molecule has 67 heavy (non-hydrogen) atoms. The molecule has 9 atom stereocenters. The van der Waals surface area contributed by atoms with Gasteiger partial charge in [-0.25, -0.2) is 4.68 Å². The highest BCUT2D eigenvalue weighted by Crippen LogP contribution is 2.34. The van der Waals surface area contributed by atoms with Crippen molar-refractivity contribution in [1.29, 1.82) is 0 Å². The second kappa shape index (κ2) is 22.9. The number of carbonyl (C=O) groups excluding carboxylic acids is 5. The van der Waals surface area contributed by atoms with Gasteiger partial charge in [-0.2, -0.15) is 0 Å². The minimum absolute atomic E-state index is 0.0115. The fourth-order valence-corrected chi connectivity index (χ4v) is 8.88. The van der Waals surface area contributed by atoms with Crippen molar-refractivity contribution in [1.82, 2.24) is 46.6 Å². The number of hydrogen-bond donors (Lipinski definition) is 8. The molecule has 4 aliphatic rings. The summed E-state index contributed by atoms with van der Waals surface area (Å²) in [5.41, 5.74) is 10.6. The lowest BCUT2D eigenvalue weighted by Gasteiger charge is -2.27. The van der Waals surface area contributed by atoms with Gasteiger partial charge in [-0.05, 0) is 82.3 Å².